The molecule has 0 aliphatic heterocycles. The Balaban J connectivity index is 2.85. The van der Waals surface area contributed by atoms with Crippen LogP contribution in [0.25, 0.3) is 0 Å². The molecular formula is C12H22O. The lowest BCUT2D eigenvalue weighted by Gasteiger charge is -2.33. The van der Waals surface area contributed by atoms with Gasteiger partial charge in [-0.2, -0.15) is 0 Å². The second kappa shape index (κ2) is 3.83. The van der Waals surface area contributed by atoms with Crippen molar-refractivity contribution in [2.45, 2.75) is 53.1 Å². The number of aliphatic hydroxyl groups excluding tert-OH is 1. The van der Waals surface area contributed by atoms with E-state index in [0.29, 0.717) is 5.92 Å². The molecule has 0 heterocycles. The second-order valence-corrected chi connectivity index (χ2v) is 4.49. The lowest BCUT2D eigenvalue weighted by atomic mass is 9.74. The number of hydrogen-bond donors (Lipinski definition) is 1. The predicted octanol–water partition coefficient (Wildman–Crippen LogP) is 3.14. The molecule has 0 aromatic heterocycles. The molecule has 0 aromatic rings. The fourth-order valence-corrected chi connectivity index (χ4v) is 2.35. The highest BCUT2D eigenvalue weighted by atomic mass is 16.3. The van der Waals surface area contributed by atoms with Crippen LogP contribution in [0, 0.1) is 11.3 Å². The van der Waals surface area contributed by atoms with Gasteiger partial charge in [0.25, 0.3) is 0 Å². The molecule has 1 aliphatic rings. The first-order chi connectivity index (χ1) is 6.06. The van der Waals surface area contributed by atoms with Crippen LogP contribution < -0.4 is 0 Å². The van der Waals surface area contributed by atoms with Gasteiger partial charge in [0.15, 0.2) is 0 Å². The van der Waals surface area contributed by atoms with Crippen molar-refractivity contribution in [1.82, 2.24) is 0 Å². The number of hydrogen-bond acceptors (Lipinski definition) is 1. The van der Waals surface area contributed by atoms with Gasteiger partial charge in [-0.05, 0) is 25.2 Å². The first-order valence-electron chi connectivity index (χ1n) is 5.44. The van der Waals surface area contributed by atoms with Gasteiger partial charge in [0, 0.05) is 5.41 Å². The van der Waals surface area contributed by atoms with Crippen LogP contribution in [0.2, 0.25) is 0 Å². The molecule has 1 aliphatic carbocycles. The van der Waals surface area contributed by atoms with Crippen molar-refractivity contribution in [3.8, 4) is 0 Å². The second-order valence-electron chi connectivity index (χ2n) is 4.49. The van der Waals surface area contributed by atoms with Gasteiger partial charge < -0.3 is 5.11 Å². The Bertz CT molecular complexity index is 207. The molecule has 3 unspecified atom stereocenters. The lowest BCUT2D eigenvalue weighted by molar-refractivity contribution is 0.0706. The molecule has 1 rings (SSSR count). The van der Waals surface area contributed by atoms with Gasteiger partial charge >= 0.3 is 0 Å². The molecule has 0 spiro atoms. The van der Waals surface area contributed by atoms with Crippen LogP contribution in [0.1, 0.15) is 47.0 Å². The standard InChI is InChI=1S/C12H22O/c1-5-9(3)10-7-8-11(13)12(10,4)6-2/h7,9,11,13H,5-6,8H2,1-4H3. The number of aliphatic hydroxyl groups is 1. The minimum absolute atomic E-state index is 0.0510. The molecule has 0 amide bonds. The Labute approximate surface area is 81.9 Å². The fourth-order valence-electron chi connectivity index (χ4n) is 2.35. The topological polar surface area (TPSA) is 20.2 Å². The minimum atomic E-state index is -0.151. The van der Waals surface area contributed by atoms with E-state index in [1.807, 2.05) is 0 Å². The minimum Gasteiger partial charge on any atom is -0.392 e. The third kappa shape index (κ3) is 1.67. The summed E-state index contributed by atoms with van der Waals surface area (Å²) in [5.41, 5.74) is 1.53. The van der Waals surface area contributed by atoms with Crippen LogP contribution in [-0.4, -0.2) is 11.2 Å². The van der Waals surface area contributed by atoms with Crippen molar-refractivity contribution in [3.05, 3.63) is 11.6 Å². The molecule has 0 bridgehead atoms. The molecule has 13 heavy (non-hydrogen) atoms. The molecular weight excluding hydrogens is 160 g/mol. The molecule has 0 aromatic carbocycles. The molecule has 0 saturated carbocycles. The summed E-state index contributed by atoms with van der Waals surface area (Å²) in [5.74, 6) is 0.627. The zero-order valence-electron chi connectivity index (χ0n) is 9.30. The summed E-state index contributed by atoms with van der Waals surface area (Å²) in [4.78, 5) is 0. The van der Waals surface area contributed by atoms with Crippen molar-refractivity contribution >= 4 is 0 Å². The normalized spacial score (nSPS) is 36.1. The first kappa shape index (κ1) is 10.8. The first-order valence-corrected chi connectivity index (χ1v) is 5.44. The molecule has 3 atom stereocenters. The lowest BCUT2D eigenvalue weighted by Crippen LogP contribution is -2.30. The van der Waals surface area contributed by atoms with Gasteiger partial charge in [0.2, 0.25) is 0 Å². The molecule has 0 radical (unpaired) electrons. The zero-order chi connectivity index (χ0) is 10.1. The zero-order valence-corrected chi connectivity index (χ0v) is 9.30. The van der Waals surface area contributed by atoms with Crippen molar-refractivity contribution in [2.24, 2.45) is 11.3 Å². The van der Waals surface area contributed by atoms with E-state index >= 15 is 0 Å². The van der Waals surface area contributed by atoms with Gasteiger partial charge in [-0.3, -0.25) is 0 Å². The highest BCUT2D eigenvalue weighted by molar-refractivity contribution is 5.24. The van der Waals surface area contributed by atoms with Crippen molar-refractivity contribution in [1.29, 1.82) is 0 Å². The van der Waals surface area contributed by atoms with Crippen molar-refractivity contribution < 1.29 is 5.11 Å². The van der Waals surface area contributed by atoms with Gasteiger partial charge in [-0.15, -0.1) is 0 Å². The van der Waals surface area contributed by atoms with Crippen LogP contribution in [-0.2, 0) is 0 Å². The van der Waals surface area contributed by atoms with Gasteiger partial charge in [-0.1, -0.05) is 39.3 Å². The third-order valence-corrected chi connectivity index (χ3v) is 3.83. The Morgan fingerprint density at radius 2 is 2.23 bits per heavy atom. The van der Waals surface area contributed by atoms with E-state index in [1.165, 1.54) is 12.0 Å². The van der Waals surface area contributed by atoms with Gasteiger partial charge in [0.05, 0.1) is 6.10 Å². The summed E-state index contributed by atoms with van der Waals surface area (Å²) >= 11 is 0. The maximum Gasteiger partial charge on any atom is 0.0665 e. The van der Waals surface area contributed by atoms with Crippen LogP contribution in [0.4, 0.5) is 0 Å². The molecule has 0 saturated heterocycles. The van der Waals surface area contributed by atoms with Crippen LogP contribution >= 0.6 is 0 Å². The highest BCUT2D eigenvalue weighted by Crippen LogP contribution is 2.45. The Kier molecular flexibility index (Phi) is 3.18. The highest BCUT2D eigenvalue weighted by Gasteiger charge is 2.40. The van der Waals surface area contributed by atoms with E-state index in [9.17, 15) is 5.11 Å². The Morgan fingerprint density at radius 3 is 2.69 bits per heavy atom. The smallest absolute Gasteiger partial charge is 0.0665 e. The summed E-state index contributed by atoms with van der Waals surface area (Å²) in [5, 5.41) is 9.91. The monoisotopic (exact) mass is 182 g/mol. The van der Waals surface area contributed by atoms with E-state index in [0.717, 1.165) is 12.8 Å². The Morgan fingerprint density at radius 1 is 1.62 bits per heavy atom. The van der Waals surface area contributed by atoms with E-state index < -0.39 is 0 Å². The molecule has 1 N–H and O–H groups in total. The molecule has 0 fully saturated rings. The fraction of sp³-hybridized carbons (Fsp3) is 0.833. The maximum absolute atomic E-state index is 9.91. The van der Waals surface area contributed by atoms with Crippen LogP contribution in [0.15, 0.2) is 11.6 Å². The summed E-state index contributed by atoms with van der Waals surface area (Å²) in [7, 11) is 0. The van der Waals surface area contributed by atoms with E-state index in [1.54, 1.807) is 0 Å². The van der Waals surface area contributed by atoms with E-state index in [-0.39, 0.29) is 11.5 Å². The molecule has 1 nitrogen and oxygen atoms in total. The number of rotatable bonds is 3. The predicted molar refractivity (Wildman–Crippen MR) is 56.6 cm³/mol. The Hall–Kier alpha value is -0.300. The SMILES string of the molecule is CCC(C)C1=CCC(O)C1(C)CC. The maximum atomic E-state index is 9.91. The molecule has 1 heteroatoms. The average Bonchev–Trinajstić information content (AvgIpc) is 2.43. The third-order valence-electron chi connectivity index (χ3n) is 3.83. The summed E-state index contributed by atoms with van der Waals surface area (Å²) in [6, 6.07) is 0. The van der Waals surface area contributed by atoms with Crippen molar-refractivity contribution in [3.63, 3.8) is 0 Å². The summed E-state index contributed by atoms with van der Waals surface area (Å²) in [6.07, 6.45) is 5.17. The van der Waals surface area contributed by atoms with Crippen LogP contribution in [0.5, 0.6) is 0 Å². The quantitative estimate of drug-likeness (QED) is 0.665. The summed E-state index contributed by atoms with van der Waals surface area (Å²) in [6.45, 7) is 8.84. The van der Waals surface area contributed by atoms with E-state index in [2.05, 4.69) is 33.8 Å². The summed E-state index contributed by atoms with van der Waals surface area (Å²) < 4.78 is 0. The van der Waals surface area contributed by atoms with Gasteiger partial charge in [0.1, 0.15) is 0 Å². The molecule has 76 valence electrons. The van der Waals surface area contributed by atoms with Gasteiger partial charge in [-0.25, -0.2) is 0 Å². The average molecular weight is 182 g/mol. The van der Waals surface area contributed by atoms with Crippen LogP contribution in [0.3, 0.4) is 0 Å². The largest absolute Gasteiger partial charge is 0.392 e. The van der Waals surface area contributed by atoms with Crippen molar-refractivity contribution in [2.75, 3.05) is 0 Å². The van der Waals surface area contributed by atoms with E-state index in [4.69, 9.17) is 0 Å².